The van der Waals surface area contributed by atoms with Crippen LogP contribution in [0.15, 0.2) is 0 Å². The SMILES string of the molecule is CC(C)(C)OC(=O)[N+]1(N2CCNCC2)CCCCC1.Cl. The summed E-state index contributed by atoms with van der Waals surface area (Å²) in [6.07, 6.45) is 3.40. The van der Waals surface area contributed by atoms with E-state index < -0.39 is 5.60 Å². The molecule has 0 unspecified atom stereocenters. The van der Waals surface area contributed by atoms with Crippen molar-refractivity contribution in [3.63, 3.8) is 0 Å². The van der Waals surface area contributed by atoms with Crippen molar-refractivity contribution in [3.05, 3.63) is 0 Å². The molecule has 2 aliphatic rings. The van der Waals surface area contributed by atoms with E-state index in [1.165, 1.54) is 6.42 Å². The van der Waals surface area contributed by atoms with E-state index in [1.807, 2.05) is 20.8 Å². The van der Waals surface area contributed by atoms with Gasteiger partial charge in [-0.1, -0.05) is 0 Å². The number of quaternary nitrogens is 1. The minimum atomic E-state index is -0.409. The number of amides is 1. The van der Waals surface area contributed by atoms with Gasteiger partial charge in [0, 0.05) is 13.1 Å². The Morgan fingerprint density at radius 2 is 1.65 bits per heavy atom. The third-order valence-electron chi connectivity index (χ3n) is 3.92. The van der Waals surface area contributed by atoms with Gasteiger partial charge in [0.05, 0.1) is 13.1 Å². The van der Waals surface area contributed by atoms with Gasteiger partial charge in [-0.25, -0.2) is 0 Å². The molecule has 0 bridgehead atoms. The van der Waals surface area contributed by atoms with Crippen LogP contribution in [-0.2, 0) is 4.74 Å². The lowest BCUT2D eigenvalue weighted by Gasteiger charge is -2.46. The minimum Gasteiger partial charge on any atom is -0.413 e. The number of piperazine rings is 1. The molecule has 0 aliphatic carbocycles. The number of likely N-dealkylation sites (tertiary alicyclic amines) is 1. The van der Waals surface area contributed by atoms with E-state index >= 15 is 0 Å². The molecule has 2 rings (SSSR count). The normalized spacial score (nSPS) is 23.8. The summed E-state index contributed by atoms with van der Waals surface area (Å²) >= 11 is 0. The van der Waals surface area contributed by atoms with Crippen LogP contribution in [0.2, 0.25) is 0 Å². The van der Waals surface area contributed by atoms with Crippen molar-refractivity contribution < 1.29 is 14.1 Å². The molecule has 1 amide bonds. The molecule has 1 N–H and O–H groups in total. The topological polar surface area (TPSA) is 41.6 Å². The van der Waals surface area contributed by atoms with Crippen LogP contribution in [0.5, 0.6) is 0 Å². The van der Waals surface area contributed by atoms with Gasteiger partial charge in [-0.2, -0.15) is 4.79 Å². The number of halogens is 1. The second-order valence-electron chi connectivity index (χ2n) is 6.61. The van der Waals surface area contributed by atoms with Gasteiger partial charge < -0.3 is 10.1 Å². The molecule has 0 aromatic carbocycles. The first-order valence-electron chi connectivity index (χ1n) is 7.51. The number of piperidine rings is 1. The lowest BCUT2D eigenvalue weighted by atomic mass is 10.1. The summed E-state index contributed by atoms with van der Waals surface area (Å²) in [6, 6.07) is 0. The second kappa shape index (κ2) is 7.07. The average Bonchev–Trinajstić information content (AvgIpc) is 2.38. The highest BCUT2D eigenvalue weighted by Gasteiger charge is 2.47. The van der Waals surface area contributed by atoms with Crippen molar-refractivity contribution in [1.82, 2.24) is 10.3 Å². The zero-order chi connectivity index (χ0) is 13.9. The van der Waals surface area contributed by atoms with E-state index in [2.05, 4.69) is 10.3 Å². The number of nitrogens with zero attached hydrogens (tertiary/aromatic N) is 2. The Kier molecular flexibility index (Phi) is 6.25. The van der Waals surface area contributed by atoms with Crippen LogP contribution in [0.3, 0.4) is 0 Å². The van der Waals surface area contributed by atoms with Gasteiger partial charge in [0.1, 0.15) is 18.7 Å². The van der Waals surface area contributed by atoms with E-state index in [0.717, 1.165) is 52.1 Å². The van der Waals surface area contributed by atoms with Gasteiger partial charge >= 0.3 is 6.09 Å². The summed E-state index contributed by atoms with van der Waals surface area (Å²) in [6.45, 7) is 11.4. The average molecular weight is 307 g/mol. The highest BCUT2D eigenvalue weighted by molar-refractivity contribution is 5.85. The molecule has 6 heteroatoms. The number of hydrogen-bond donors (Lipinski definition) is 1. The van der Waals surface area contributed by atoms with E-state index in [1.54, 1.807) is 0 Å². The predicted octanol–water partition coefficient (Wildman–Crippen LogP) is 2.16. The van der Waals surface area contributed by atoms with Crippen molar-refractivity contribution in [1.29, 1.82) is 0 Å². The molecule has 0 aromatic heterocycles. The Labute approximate surface area is 128 Å². The number of nitrogens with one attached hydrogen (secondary N) is 1. The molecule has 0 aromatic rings. The van der Waals surface area contributed by atoms with Crippen LogP contribution in [0.25, 0.3) is 0 Å². The van der Waals surface area contributed by atoms with Crippen LogP contribution in [0.1, 0.15) is 40.0 Å². The number of carbonyl (C=O) groups excluding carboxylic acids is 1. The molecule has 2 heterocycles. The van der Waals surface area contributed by atoms with E-state index in [4.69, 9.17) is 4.74 Å². The number of rotatable bonds is 1. The fraction of sp³-hybridized carbons (Fsp3) is 0.929. The monoisotopic (exact) mass is 306 g/mol. The summed E-state index contributed by atoms with van der Waals surface area (Å²) < 4.78 is 6.12. The number of ether oxygens (including phenoxy) is 1. The Balaban J connectivity index is 0.00000200. The van der Waals surface area contributed by atoms with E-state index in [9.17, 15) is 4.79 Å². The van der Waals surface area contributed by atoms with Gasteiger partial charge in [0.25, 0.3) is 0 Å². The predicted molar refractivity (Wildman–Crippen MR) is 81.8 cm³/mol. The third-order valence-corrected chi connectivity index (χ3v) is 3.92. The van der Waals surface area contributed by atoms with Gasteiger partial charge in [-0.05, 0) is 40.0 Å². The molecule has 0 atom stereocenters. The summed E-state index contributed by atoms with van der Waals surface area (Å²) in [7, 11) is 0. The zero-order valence-corrected chi connectivity index (χ0v) is 13.8. The molecule has 118 valence electrons. The summed E-state index contributed by atoms with van der Waals surface area (Å²) in [4.78, 5) is 12.7. The smallest absolute Gasteiger partial charge is 0.413 e. The van der Waals surface area contributed by atoms with Crippen molar-refractivity contribution in [2.75, 3.05) is 39.3 Å². The van der Waals surface area contributed by atoms with Gasteiger partial charge in [0.15, 0.2) is 0 Å². The van der Waals surface area contributed by atoms with Crippen molar-refractivity contribution in [2.24, 2.45) is 0 Å². The first-order valence-corrected chi connectivity index (χ1v) is 7.51. The molecule has 5 nitrogen and oxygen atoms in total. The van der Waals surface area contributed by atoms with Crippen LogP contribution < -0.4 is 5.32 Å². The lowest BCUT2D eigenvalue weighted by Crippen LogP contribution is -2.69. The van der Waals surface area contributed by atoms with Gasteiger partial charge in [-0.3, -0.25) is 0 Å². The fourth-order valence-electron chi connectivity index (χ4n) is 3.00. The highest BCUT2D eigenvalue weighted by atomic mass is 35.5. The van der Waals surface area contributed by atoms with Crippen molar-refractivity contribution in [2.45, 2.75) is 45.6 Å². The molecular formula is C14H29ClN3O2+. The molecule has 0 saturated carbocycles. The van der Waals surface area contributed by atoms with Gasteiger partial charge in [0.2, 0.25) is 0 Å². The second-order valence-corrected chi connectivity index (χ2v) is 6.61. The van der Waals surface area contributed by atoms with E-state index in [-0.39, 0.29) is 18.5 Å². The Morgan fingerprint density at radius 3 is 2.15 bits per heavy atom. The Bertz CT molecular complexity index is 319. The molecule has 0 radical (unpaired) electrons. The van der Waals surface area contributed by atoms with Crippen LogP contribution in [-0.4, -0.2) is 60.6 Å². The largest absolute Gasteiger partial charge is 0.536 e. The van der Waals surface area contributed by atoms with Crippen LogP contribution >= 0.6 is 12.4 Å². The standard InChI is InChI=1S/C14H28N3O2.ClH/c1-14(2,3)19-13(18)17(11-5-4-6-12-17)16-9-7-15-8-10-16;/h15H,4-12H2,1-3H3;1H/q+1;. The molecule has 0 spiro atoms. The maximum atomic E-state index is 12.7. The minimum absolute atomic E-state index is 0. The van der Waals surface area contributed by atoms with Gasteiger partial charge in [-0.15, -0.1) is 22.0 Å². The highest BCUT2D eigenvalue weighted by Crippen LogP contribution is 2.26. The van der Waals surface area contributed by atoms with Crippen molar-refractivity contribution >= 4 is 18.5 Å². The molecule has 2 fully saturated rings. The number of carbonyl (C=O) groups is 1. The third kappa shape index (κ3) is 4.07. The summed E-state index contributed by atoms with van der Waals surface area (Å²) in [5.41, 5.74) is -0.409. The molecule has 2 aliphatic heterocycles. The first-order chi connectivity index (χ1) is 8.94. The fourth-order valence-corrected chi connectivity index (χ4v) is 3.00. The number of hydrogen-bond acceptors (Lipinski definition) is 4. The maximum Gasteiger partial charge on any atom is 0.536 e. The molecule has 20 heavy (non-hydrogen) atoms. The van der Waals surface area contributed by atoms with E-state index in [0.29, 0.717) is 4.59 Å². The quantitative estimate of drug-likeness (QED) is 0.754. The Hall–Kier alpha value is -0.360. The van der Waals surface area contributed by atoms with Crippen LogP contribution in [0.4, 0.5) is 4.79 Å². The molecule has 2 saturated heterocycles. The maximum absolute atomic E-state index is 12.7. The molecular weight excluding hydrogens is 278 g/mol. The van der Waals surface area contributed by atoms with Crippen LogP contribution in [0, 0.1) is 0 Å². The zero-order valence-electron chi connectivity index (χ0n) is 13.0. The Morgan fingerprint density at radius 1 is 1.10 bits per heavy atom. The first kappa shape index (κ1) is 17.7. The summed E-state index contributed by atoms with van der Waals surface area (Å²) in [5, 5.41) is 5.66. The summed E-state index contributed by atoms with van der Waals surface area (Å²) in [5.74, 6) is 0. The van der Waals surface area contributed by atoms with Crippen molar-refractivity contribution in [3.8, 4) is 0 Å². The lowest BCUT2D eigenvalue weighted by molar-refractivity contribution is -0.976.